The van der Waals surface area contributed by atoms with Gasteiger partial charge >= 0.3 is 7.12 Å². The minimum Gasteiger partial charge on any atom is -0.423 e. The number of guanidine groups is 1. The van der Waals surface area contributed by atoms with Crippen LogP contribution in [0.15, 0.2) is 48.1 Å². The zero-order chi connectivity index (χ0) is 51.1. The smallest absolute Gasteiger partial charge is 0.423 e. The second kappa shape index (κ2) is 29.4. The van der Waals surface area contributed by atoms with E-state index in [1.165, 1.54) is 37.3 Å². The number of aliphatic imine (C=N–C) groups is 1. The van der Waals surface area contributed by atoms with E-state index in [0.717, 1.165) is 15.4 Å². The predicted octanol–water partition coefficient (Wildman–Crippen LogP) is -4.11. The monoisotopic (exact) mass is 956 g/mol. The predicted molar refractivity (Wildman–Crippen MR) is 251 cm³/mol. The summed E-state index contributed by atoms with van der Waals surface area (Å²) in [7, 11) is -1.61. The van der Waals surface area contributed by atoms with Crippen molar-refractivity contribution in [3.63, 3.8) is 0 Å². The number of hydrogen-bond acceptors (Lipinski definition) is 14. The Kier molecular flexibility index (Phi) is 24.9. The fourth-order valence-electron chi connectivity index (χ4n) is 6.73. The van der Waals surface area contributed by atoms with Crippen molar-refractivity contribution in [3.8, 4) is 0 Å². The van der Waals surface area contributed by atoms with Crippen molar-refractivity contribution in [1.29, 1.82) is 0 Å². The van der Waals surface area contributed by atoms with Crippen molar-refractivity contribution in [1.82, 2.24) is 44.4 Å². The van der Waals surface area contributed by atoms with Gasteiger partial charge in [0, 0.05) is 46.2 Å². The molecular weight excluding hydrogens is 885 g/mol. The highest BCUT2D eigenvalue weighted by Crippen LogP contribution is 2.11. The topological polar surface area (TPSA) is 341 Å². The maximum atomic E-state index is 14.2. The Morgan fingerprint density at radius 3 is 1.72 bits per heavy atom. The first kappa shape index (κ1) is 57.7. The van der Waals surface area contributed by atoms with Crippen LogP contribution in [0.1, 0.15) is 58.7 Å². The van der Waals surface area contributed by atoms with Crippen molar-refractivity contribution >= 4 is 59.9 Å². The van der Waals surface area contributed by atoms with E-state index < -0.39 is 107 Å². The van der Waals surface area contributed by atoms with Crippen LogP contribution in [0, 0.1) is 11.8 Å². The maximum absolute atomic E-state index is 14.2. The van der Waals surface area contributed by atoms with Gasteiger partial charge in [0.15, 0.2) is 5.96 Å². The third-order valence-electron chi connectivity index (χ3n) is 10.0. The number of primary amides is 1. The minimum absolute atomic E-state index is 0.0562. The standard InChI is InChI=1S/C43H70BN13O11/c1-7-15-51(23-37(45)61)39(63)26-56(22-36(60)29-58)42(66)28-55(18-31(4)5)41(65)27-54(17-30(2)3)40(64)24-52(16-9-8-14-48-43(46)47)38(62)25-53(32(6)59)20-35-21-57(50-49-35)19-33-10-12-34(13-11-33)44(67)68/h7,10-13,21,30-31,36,58,60,67-68H,1,8-9,14-20,22-29H2,2-6H3,(H2,45,61)(H4,46,47,48). The van der Waals surface area contributed by atoms with E-state index in [2.05, 4.69) is 21.9 Å². The van der Waals surface area contributed by atoms with Crippen LogP contribution in [-0.4, -0.2) is 210 Å². The lowest BCUT2D eigenvalue weighted by Crippen LogP contribution is -2.53. The van der Waals surface area contributed by atoms with Crippen LogP contribution in [0.4, 0.5) is 0 Å². The Bertz CT molecular complexity index is 2010. The first-order chi connectivity index (χ1) is 32.0. The van der Waals surface area contributed by atoms with Gasteiger partial charge in [-0.25, -0.2) is 4.68 Å². The zero-order valence-corrected chi connectivity index (χ0v) is 39.9. The number of hydrogen-bond donors (Lipinski definition) is 7. The Hall–Kier alpha value is -6.44. The molecule has 25 heteroatoms. The molecule has 1 atom stereocenters. The van der Waals surface area contributed by atoms with Crippen LogP contribution in [-0.2, 0) is 46.7 Å². The molecule has 0 spiro atoms. The molecule has 1 heterocycles. The van der Waals surface area contributed by atoms with Crippen LogP contribution < -0.4 is 22.7 Å². The molecule has 7 amide bonds. The summed E-state index contributed by atoms with van der Waals surface area (Å²) >= 11 is 0. The Morgan fingerprint density at radius 1 is 0.750 bits per heavy atom. The number of aromatic nitrogens is 3. The van der Waals surface area contributed by atoms with Crippen LogP contribution in [0.2, 0.25) is 0 Å². The van der Waals surface area contributed by atoms with Gasteiger partial charge in [0.25, 0.3) is 0 Å². The lowest BCUT2D eigenvalue weighted by Gasteiger charge is -2.33. The fourth-order valence-corrected chi connectivity index (χ4v) is 6.73. The number of unbranched alkanes of at least 4 members (excludes halogenated alkanes) is 1. The molecule has 0 radical (unpaired) electrons. The third kappa shape index (κ3) is 21.5. The normalized spacial score (nSPS) is 11.4. The minimum atomic E-state index is -1.61. The van der Waals surface area contributed by atoms with E-state index in [-0.39, 0.29) is 63.6 Å². The zero-order valence-electron chi connectivity index (χ0n) is 39.9. The van der Waals surface area contributed by atoms with Gasteiger partial charge < -0.3 is 66.9 Å². The number of carbonyl (C=O) groups is 7. The van der Waals surface area contributed by atoms with Crippen LogP contribution in [0.3, 0.4) is 0 Å². The molecule has 0 saturated heterocycles. The summed E-state index contributed by atoms with van der Waals surface area (Å²) in [6.45, 7) is 8.48. The molecule has 376 valence electrons. The number of rotatable bonds is 31. The van der Waals surface area contributed by atoms with Gasteiger partial charge in [-0.3, -0.25) is 38.6 Å². The molecule has 68 heavy (non-hydrogen) atoms. The van der Waals surface area contributed by atoms with E-state index in [0.29, 0.717) is 24.0 Å². The molecule has 0 fully saturated rings. The number of nitrogens with two attached hydrogens (primary N) is 3. The largest absolute Gasteiger partial charge is 0.488 e. The number of aliphatic hydroxyl groups is 2. The average Bonchev–Trinajstić information content (AvgIpc) is 3.70. The summed E-state index contributed by atoms with van der Waals surface area (Å²) in [6, 6.07) is 6.54. The molecule has 1 unspecified atom stereocenters. The number of aliphatic hydroxyl groups excluding tert-OH is 2. The first-order valence-corrected chi connectivity index (χ1v) is 22.2. The van der Waals surface area contributed by atoms with Gasteiger partial charge in [0.1, 0.15) is 12.2 Å². The third-order valence-corrected chi connectivity index (χ3v) is 10.0. The molecule has 1 aromatic heterocycles. The molecule has 24 nitrogen and oxygen atoms in total. The summed E-state index contributed by atoms with van der Waals surface area (Å²) in [5.74, 6) is -4.93. The van der Waals surface area contributed by atoms with Crippen molar-refractivity contribution in [2.24, 2.45) is 34.0 Å². The highest BCUT2D eigenvalue weighted by atomic mass is 16.4. The second-order valence-electron chi connectivity index (χ2n) is 17.2. The Labute approximate surface area is 397 Å². The second-order valence-corrected chi connectivity index (χ2v) is 17.2. The van der Waals surface area contributed by atoms with Crippen LogP contribution >= 0.6 is 0 Å². The van der Waals surface area contributed by atoms with Crippen LogP contribution in [0.25, 0.3) is 0 Å². The quantitative estimate of drug-likeness (QED) is 0.0124. The highest BCUT2D eigenvalue weighted by molar-refractivity contribution is 6.58. The van der Waals surface area contributed by atoms with Crippen molar-refractivity contribution < 1.29 is 53.8 Å². The van der Waals surface area contributed by atoms with Crippen LogP contribution in [0.5, 0.6) is 0 Å². The molecule has 10 N–H and O–H groups in total. The van der Waals surface area contributed by atoms with Gasteiger partial charge in [-0.05, 0) is 35.7 Å². The molecule has 0 aliphatic carbocycles. The molecule has 2 aromatic rings. The SMILES string of the molecule is C=CCN(CC(N)=O)C(=O)CN(CC(O)CO)C(=O)CN(CC(C)C)C(=O)CN(CC(C)C)C(=O)CN(CCCCN=C(N)N)C(=O)CN(Cc1cn(Cc2ccc(B(O)O)cc2)nn1)C(C)=O. The Morgan fingerprint density at radius 2 is 1.25 bits per heavy atom. The highest BCUT2D eigenvalue weighted by Gasteiger charge is 2.30. The van der Waals surface area contributed by atoms with Gasteiger partial charge in [-0.15, -0.1) is 11.7 Å². The van der Waals surface area contributed by atoms with Gasteiger partial charge in [0.2, 0.25) is 41.4 Å². The van der Waals surface area contributed by atoms with E-state index in [1.54, 1.807) is 30.5 Å². The van der Waals surface area contributed by atoms with E-state index in [9.17, 15) is 53.8 Å². The fraction of sp³-hybridized carbons (Fsp3) is 0.581. The van der Waals surface area contributed by atoms with Gasteiger partial charge in [-0.1, -0.05) is 63.2 Å². The maximum Gasteiger partial charge on any atom is 0.488 e. The number of nitrogens with zero attached hydrogens (tertiary/aromatic N) is 10. The molecule has 1 aromatic carbocycles. The molecule has 0 bridgehead atoms. The summed E-state index contributed by atoms with van der Waals surface area (Å²) in [4.78, 5) is 105. The molecular formula is C43H70BN13O11. The van der Waals surface area contributed by atoms with Crippen molar-refractivity contribution in [2.75, 3.05) is 85.1 Å². The number of carbonyl (C=O) groups excluding carboxylic acids is 7. The number of amides is 7. The van der Waals surface area contributed by atoms with Gasteiger partial charge in [-0.2, -0.15) is 0 Å². The summed E-state index contributed by atoms with van der Waals surface area (Å²) < 4.78 is 1.52. The summed E-state index contributed by atoms with van der Waals surface area (Å²) in [5.41, 5.74) is 17.7. The molecule has 2 rings (SSSR count). The van der Waals surface area contributed by atoms with E-state index in [4.69, 9.17) is 17.2 Å². The first-order valence-electron chi connectivity index (χ1n) is 22.2. The summed E-state index contributed by atoms with van der Waals surface area (Å²) in [5, 5.41) is 46.9. The Balaban J connectivity index is 2.35. The lowest BCUT2D eigenvalue weighted by molar-refractivity contribution is -0.149. The molecule has 0 saturated carbocycles. The lowest BCUT2D eigenvalue weighted by atomic mass is 9.80. The van der Waals surface area contributed by atoms with E-state index in [1.807, 2.05) is 27.7 Å². The van der Waals surface area contributed by atoms with Crippen molar-refractivity contribution in [2.45, 2.75) is 66.7 Å². The average molecular weight is 956 g/mol. The molecule has 0 aliphatic rings. The van der Waals surface area contributed by atoms with Crippen molar-refractivity contribution in [3.05, 3.63) is 54.4 Å². The number of benzene rings is 1. The van der Waals surface area contributed by atoms with Gasteiger partial charge in [0.05, 0.1) is 64.7 Å². The molecule has 0 aliphatic heterocycles. The summed E-state index contributed by atoms with van der Waals surface area (Å²) in [6.07, 6.45) is 2.35. The van der Waals surface area contributed by atoms with E-state index >= 15 is 0 Å².